The third kappa shape index (κ3) is 3.18. The molecule has 3 rings (SSSR count). The highest BCUT2D eigenvalue weighted by Gasteiger charge is 2.14. The number of aryl methyl sites for hydroxylation is 2. The van der Waals surface area contributed by atoms with Crippen LogP contribution in [0.1, 0.15) is 11.3 Å². The molecule has 0 saturated heterocycles. The van der Waals surface area contributed by atoms with E-state index in [1.807, 2.05) is 13.0 Å². The minimum absolute atomic E-state index is 0.102. The average Bonchev–Trinajstić information content (AvgIpc) is 2.56. The zero-order valence-electron chi connectivity index (χ0n) is 13.9. The summed E-state index contributed by atoms with van der Waals surface area (Å²) in [5.41, 5.74) is 3.27. The Morgan fingerprint density at radius 3 is 2.60 bits per heavy atom. The number of anilines is 2. The molecule has 25 heavy (non-hydrogen) atoms. The summed E-state index contributed by atoms with van der Waals surface area (Å²) in [6.45, 7) is 3.58. The van der Waals surface area contributed by atoms with Gasteiger partial charge in [0.2, 0.25) is 5.95 Å². The number of rotatable bonds is 3. The van der Waals surface area contributed by atoms with E-state index in [1.54, 1.807) is 20.2 Å². The molecule has 3 N–H and O–H groups in total. The van der Waals surface area contributed by atoms with Gasteiger partial charge in [0.05, 0.1) is 5.69 Å². The zero-order chi connectivity index (χ0) is 18.1. The van der Waals surface area contributed by atoms with Crippen molar-refractivity contribution in [3.05, 3.63) is 41.5 Å². The van der Waals surface area contributed by atoms with Gasteiger partial charge < -0.3 is 10.4 Å². The van der Waals surface area contributed by atoms with Crippen LogP contribution in [-0.2, 0) is 0 Å². The molecule has 0 fully saturated rings. The minimum atomic E-state index is -1.32. The third-order valence-corrected chi connectivity index (χ3v) is 3.83. The highest BCUT2D eigenvalue weighted by molar-refractivity contribution is 5.87. The first-order valence-electron chi connectivity index (χ1n) is 7.51. The maximum Gasteiger partial charge on any atom is 0.409 e. The summed E-state index contributed by atoms with van der Waals surface area (Å²) in [7, 11) is 1.72. The molecule has 0 aliphatic rings. The van der Waals surface area contributed by atoms with Gasteiger partial charge >= 0.3 is 6.09 Å². The largest absolute Gasteiger partial charge is 0.465 e. The van der Waals surface area contributed by atoms with Crippen LogP contribution in [0.4, 0.5) is 20.8 Å². The van der Waals surface area contributed by atoms with Crippen molar-refractivity contribution in [3.8, 4) is 11.1 Å². The molecule has 0 aliphatic heterocycles. The predicted molar refractivity (Wildman–Crippen MR) is 93.4 cm³/mol. The lowest BCUT2D eigenvalue weighted by atomic mass is 9.97. The van der Waals surface area contributed by atoms with E-state index < -0.39 is 11.9 Å². The van der Waals surface area contributed by atoms with Crippen LogP contribution < -0.4 is 10.6 Å². The predicted octanol–water partition coefficient (Wildman–Crippen LogP) is 3.58. The second-order valence-electron chi connectivity index (χ2n) is 5.55. The third-order valence-electron chi connectivity index (χ3n) is 3.83. The standard InChI is InChI=1S/C17H16FN5O2/c1-8-4-13(18)14(22-17(24)25)6-11(8)12-5-10-7-20-16(19-3)23-15(10)21-9(12)2/h4-7,22H,1-3H3,(H,24,25)(H,19,20,21,23). The SMILES string of the molecule is CNc1ncc2cc(-c3cc(NC(=O)O)c(F)cc3C)c(C)nc2n1. The number of fused-ring (bicyclic) bond motifs is 1. The van der Waals surface area contributed by atoms with Crippen molar-refractivity contribution in [2.24, 2.45) is 0 Å². The number of amides is 1. The lowest BCUT2D eigenvalue weighted by Crippen LogP contribution is -2.09. The molecule has 128 valence electrons. The fraction of sp³-hybridized carbons (Fsp3) is 0.176. The molecular formula is C17H16FN5O2. The number of nitrogens with one attached hydrogen (secondary N) is 2. The fourth-order valence-electron chi connectivity index (χ4n) is 2.62. The van der Waals surface area contributed by atoms with Crippen LogP contribution in [0.25, 0.3) is 22.2 Å². The van der Waals surface area contributed by atoms with E-state index in [-0.39, 0.29) is 5.69 Å². The summed E-state index contributed by atoms with van der Waals surface area (Å²) < 4.78 is 14.0. The maximum absolute atomic E-state index is 14.0. The van der Waals surface area contributed by atoms with Crippen molar-refractivity contribution in [2.75, 3.05) is 17.7 Å². The van der Waals surface area contributed by atoms with E-state index >= 15 is 0 Å². The summed E-state index contributed by atoms with van der Waals surface area (Å²) in [5, 5.41) is 14.5. The van der Waals surface area contributed by atoms with Gasteiger partial charge in [0.15, 0.2) is 5.65 Å². The molecular weight excluding hydrogens is 325 g/mol. The first-order valence-corrected chi connectivity index (χ1v) is 7.51. The molecule has 8 heteroatoms. The van der Waals surface area contributed by atoms with Crippen LogP contribution in [0.3, 0.4) is 0 Å². The lowest BCUT2D eigenvalue weighted by molar-refractivity contribution is 0.209. The quantitative estimate of drug-likeness (QED) is 0.673. The monoisotopic (exact) mass is 341 g/mol. The Hall–Kier alpha value is -3.29. The number of carbonyl (C=O) groups is 1. The van der Waals surface area contributed by atoms with Gasteiger partial charge in [-0.3, -0.25) is 5.32 Å². The molecule has 1 aromatic carbocycles. The first-order chi connectivity index (χ1) is 11.9. The van der Waals surface area contributed by atoms with E-state index in [4.69, 9.17) is 5.11 Å². The molecule has 1 amide bonds. The van der Waals surface area contributed by atoms with Crippen LogP contribution in [0.2, 0.25) is 0 Å². The molecule has 0 unspecified atom stereocenters. The summed E-state index contributed by atoms with van der Waals surface area (Å²) in [5.74, 6) is -0.157. The van der Waals surface area contributed by atoms with Gasteiger partial charge in [0.1, 0.15) is 5.82 Å². The minimum Gasteiger partial charge on any atom is -0.465 e. The first kappa shape index (κ1) is 16.6. The smallest absolute Gasteiger partial charge is 0.409 e. The highest BCUT2D eigenvalue weighted by Crippen LogP contribution is 2.32. The Bertz CT molecular complexity index is 990. The molecule has 2 aromatic heterocycles. The van der Waals surface area contributed by atoms with Gasteiger partial charge in [-0.05, 0) is 43.2 Å². The number of hydrogen-bond donors (Lipinski definition) is 3. The number of hydrogen-bond acceptors (Lipinski definition) is 5. The van der Waals surface area contributed by atoms with Crippen LogP contribution in [0, 0.1) is 19.7 Å². The molecule has 0 radical (unpaired) electrons. The van der Waals surface area contributed by atoms with Crippen LogP contribution in [0.15, 0.2) is 24.4 Å². The summed E-state index contributed by atoms with van der Waals surface area (Å²) in [4.78, 5) is 23.8. The number of pyridine rings is 1. The highest BCUT2D eigenvalue weighted by atomic mass is 19.1. The summed E-state index contributed by atoms with van der Waals surface area (Å²) >= 11 is 0. The second-order valence-corrected chi connectivity index (χ2v) is 5.55. The normalized spacial score (nSPS) is 10.7. The summed E-state index contributed by atoms with van der Waals surface area (Å²) in [6, 6.07) is 4.63. The van der Waals surface area contributed by atoms with Gasteiger partial charge in [-0.1, -0.05) is 0 Å². The Kier molecular flexibility index (Phi) is 4.18. The maximum atomic E-state index is 14.0. The van der Waals surface area contributed by atoms with E-state index in [0.717, 1.165) is 10.9 Å². The van der Waals surface area contributed by atoms with Crippen molar-refractivity contribution in [1.29, 1.82) is 0 Å². The number of aromatic nitrogens is 3. The molecule has 0 aliphatic carbocycles. The van der Waals surface area contributed by atoms with Crippen molar-refractivity contribution >= 4 is 28.8 Å². The number of benzene rings is 1. The zero-order valence-corrected chi connectivity index (χ0v) is 13.9. The van der Waals surface area contributed by atoms with Crippen molar-refractivity contribution in [2.45, 2.75) is 13.8 Å². The van der Waals surface area contributed by atoms with Crippen LogP contribution in [-0.4, -0.2) is 33.2 Å². The molecule has 3 aromatic rings. The molecule has 0 saturated carbocycles. The Morgan fingerprint density at radius 2 is 1.92 bits per heavy atom. The number of carboxylic acid groups (broad SMARTS) is 1. The molecule has 0 spiro atoms. The van der Waals surface area contributed by atoms with Crippen molar-refractivity contribution < 1.29 is 14.3 Å². The Labute approximate surface area is 143 Å². The average molecular weight is 341 g/mol. The lowest BCUT2D eigenvalue weighted by Gasteiger charge is -2.13. The molecule has 0 atom stereocenters. The van der Waals surface area contributed by atoms with E-state index in [9.17, 15) is 9.18 Å². The van der Waals surface area contributed by atoms with Crippen LogP contribution >= 0.6 is 0 Å². The summed E-state index contributed by atoms with van der Waals surface area (Å²) in [6.07, 6.45) is 0.328. The molecule has 7 nitrogen and oxygen atoms in total. The van der Waals surface area contributed by atoms with E-state index in [1.165, 1.54) is 12.1 Å². The Balaban J connectivity index is 2.18. The van der Waals surface area contributed by atoms with E-state index in [0.29, 0.717) is 28.4 Å². The number of halogens is 1. The fourth-order valence-corrected chi connectivity index (χ4v) is 2.62. The van der Waals surface area contributed by atoms with Gasteiger partial charge in [0.25, 0.3) is 0 Å². The van der Waals surface area contributed by atoms with Gasteiger partial charge in [-0.25, -0.2) is 19.2 Å². The molecule has 0 bridgehead atoms. The van der Waals surface area contributed by atoms with Gasteiger partial charge in [-0.15, -0.1) is 0 Å². The van der Waals surface area contributed by atoms with E-state index in [2.05, 4.69) is 25.6 Å². The van der Waals surface area contributed by atoms with Gasteiger partial charge in [0, 0.05) is 29.9 Å². The van der Waals surface area contributed by atoms with Gasteiger partial charge in [-0.2, -0.15) is 4.98 Å². The van der Waals surface area contributed by atoms with Crippen LogP contribution in [0.5, 0.6) is 0 Å². The topological polar surface area (TPSA) is 100 Å². The number of nitrogens with zero attached hydrogens (tertiary/aromatic N) is 3. The second kappa shape index (κ2) is 6.31. The van der Waals surface area contributed by atoms with Crippen molar-refractivity contribution in [3.63, 3.8) is 0 Å². The molecule has 2 heterocycles. The Morgan fingerprint density at radius 1 is 1.16 bits per heavy atom. The van der Waals surface area contributed by atoms with Crippen molar-refractivity contribution in [1.82, 2.24) is 15.0 Å².